The first-order valence-corrected chi connectivity index (χ1v) is 6.45. The van der Waals surface area contributed by atoms with Crippen molar-refractivity contribution < 1.29 is 4.74 Å². The van der Waals surface area contributed by atoms with Crippen molar-refractivity contribution >= 4 is 0 Å². The van der Waals surface area contributed by atoms with Crippen LogP contribution in [0.15, 0.2) is 54.6 Å². The molecule has 0 bridgehead atoms. The van der Waals surface area contributed by atoms with Gasteiger partial charge < -0.3 is 4.74 Å². The fraction of sp³-hybridized carbons (Fsp3) is 0.294. The highest BCUT2D eigenvalue weighted by Crippen LogP contribution is 2.42. The quantitative estimate of drug-likeness (QED) is 0.726. The zero-order chi connectivity index (χ0) is 12.6. The summed E-state index contributed by atoms with van der Waals surface area (Å²) >= 11 is 0. The lowest BCUT2D eigenvalue weighted by Crippen LogP contribution is -2.37. The summed E-state index contributed by atoms with van der Waals surface area (Å²) in [7, 11) is 0. The van der Waals surface area contributed by atoms with Crippen LogP contribution >= 0.6 is 0 Å². The summed E-state index contributed by atoms with van der Waals surface area (Å²) in [6.45, 7) is 5.08. The molecule has 1 nitrogen and oxygen atoms in total. The molecule has 0 N–H and O–H groups in total. The molecular formula is C17H18O. The first-order chi connectivity index (χ1) is 8.68. The molecule has 1 atom stereocenters. The van der Waals surface area contributed by atoms with Crippen LogP contribution in [0.4, 0.5) is 0 Å². The average molecular weight is 238 g/mol. The van der Waals surface area contributed by atoms with E-state index in [2.05, 4.69) is 68.4 Å². The van der Waals surface area contributed by atoms with Gasteiger partial charge in [-0.3, -0.25) is 0 Å². The fourth-order valence-electron chi connectivity index (χ4n) is 2.90. The van der Waals surface area contributed by atoms with Gasteiger partial charge in [0.25, 0.3) is 0 Å². The number of hydrogen-bond acceptors (Lipinski definition) is 1. The van der Waals surface area contributed by atoms with Gasteiger partial charge in [0.1, 0.15) is 0 Å². The molecule has 0 amide bonds. The van der Waals surface area contributed by atoms with E-state index in [0.29, 0.717) is 12.5 Å². The Balaban J connectivity index is 2.16. The molecule has 0 fully saturated rings. The average Bonchev–Trinajstić information content (AvgIpc) is 2.39. The lowest BCUT2D eigenvalue weighted by molar-refractivity contribution is -0.0528. The van der Waals surface area contributed by atoms with Gasteiger partial charge in [-0.2, -0.15) is 0 Å². The van der Waals surface area contributed by atoms with Crippen LogP contribution in [-0.2, 0) is 11.3 Å². The van der Waals surface area contributed by atoms with Gasteiger partial charge in [-0.15, -0.1) is 0 Å². The number of hydrogen-bond donors (Lipinski definition) is 0. The van der Waals surface area contributed by atoms with Crippen LogP contribution in [0.3, 0.4) is 0 Å². The predicted molar refractivity (Wildman–Crippen MR) is 73.6 cm³/mol. The number of benzene rings is 2. The molecule has 1 aliphatic heterocycles. The second-order valence-corrected chi connectivity index (χ2v) is 5.43. The van der Waals surface area contributed by atoms with Gasteiger partial charge in [-0.05, 0) is 30.5 Å². The summed E-state index contributed by atoms with van der Waals surface area (Å²) in [6, 6.07) is 19.3. The van der Waals surface area contributed by atoms with Crippen molar-refractivity contribution in [2.75, 3.05) is 0 Å². The SMILES string of the molecule is CC1(C)OCc2ccccc2[C@H]1c1ccccc1. The Morgan fingerprint density at radius 3 is 2.39 bits per heavy atom. The van der Waals surface area contributed by atoms with Crippen LogP contribution in [0, 0.1) is 0 Å². The largest absolute Gasteiger partial charge is 0.370 e. The topological polar surface area (TPSA) is 9.23 Å². The van der Waals surface area contributed by atoms with Crippen molar-refractivity contribution in [2.45, 2.75) is 32.0 Å². The molecule has 0 saturated carbocycles. The van der Waals surface area contributed by atoms with Crippen LogP contribution in [-0.4, -0.2) is 5.60 Å². The molecule has 2 aromatic carbocycles. The van der Waals surface area contributed by atoms with Crippen molar-refractivity contribution in [1.29, 1.82) is 0 Å². The van der Waals surface area contributed by atoms with E-state index in [9.17, 15) is 0 Å². The maximum Gasteiger partial charge on any atom is 0.0739 e. The first-order valence-electron chi connectivity index (χ1n) is 6.45. The van der Waals surface area contributed by atoms with Crippen molar-refractivity contribution in [3.63, 3.8) is 0 Å². The third kappa shape index (κ3) is 1.85. The summed E-state index contributed by atoms with van der Waals surface area (Å²) in [6.07, 6.45) is 0. The summed E-state index contributed by atoms with van der Waals surface area (Å²) in [5.74, 6) is 0.309. The van der Waals surface area contributed by atoms with Crippen LogP contribution in [0.25, 0.3) is 0 Å². The third-order valence-corrected chi connectivity index (χ3v) is 3.79. The van der Waals surface area contributed by atoms with E-state index < -0.39 is 0 Å². The molecule has 18 heavy (non-hydrogen) atoms. The lowest BCUT2D eigenvalue weighted by atomic mass is 9.76. The Hall–Kier alpha value is -1.60. The van der Waals surface area contributed by atoms with Gasteiger partial charge in [-0.25, -0.2) is 0 Å². The van der Waals surface area contributed by atoms with Gasteiger partial charge in [0.05, 0.1) is 12.2 Å². The fourth-order valence-corrected chi connectivity index (χ4v) is 2.90. The predicted octanol–water partition coefficient (Wildman–Crippen LogP) is 4.13. The van der Waals surface area contributed by atoms with E-state index >= 15 is 0 Å². The maximum atomic E-state index is 6.06. The van der Waals surface area contributed by atoms with Gasteiger partial charge in [0.2, 0.25) is 0 Å². The molecule has 1 heteroatoms. The molecule has 0 aliphatic carbocycles. The Morgan fingerprint density at radius 1 is 0.944 bits per heavy atom. The smallest absolute Gasteiger partial charge is 0.0739 e. The molecule has 92 valence electrons. The summed E-state index contributed by atoms with van der Waals surface area (Å²) in [5.41, 5.74) is 3.88. The Kier molecular flexibility index (Phi) is 2.71. The summed E-state index contributed by atoms with van der Waals surface area (Å²) < 4.78 is 6.06. The molecule has 3 rings (SSSR count). The second-order valence-electron chi connectivity index (χ2n) is 5.43. The molecule has 0 radical (unpaired) electrons. The highest BCUT2D eigenvalue weighted by atomic mass is 16.5. The molecule has 0 aromatic heterocycles. The molecule has 0 spiro atoms. The second kappa shape index (κ2) is 4.25. The molecular weight excluding hydrogens is 220 g/mol. The van der Waals surface area contributed by atoms with Crippen LogP contribution in [0.5, 0.6) is 0 Å². The Labute approximate surface area is 108 Å². The van der Waals surface area contributed by atoms with Gasteiger partial charge in [0, 0.05) is 5.92 Å². The highest BCUT2D eigenvalue weighted by Gasteiger charge is 2.37. The van der Waals surface area contributed by atoms with Gasteiger partial charge in [-0.1, -0.05) is 54.6 Å². The molecule has 1 aliphatic rings. The molecule has 0 saturated heterocycles. The van der Waals surface area contributed by atoms with Crippen molar-refractivity contribution in [1.82, 2.24) is 0 Å². The van der Waals surface area contributed by atoms with Crippen molar-refractivity contribution in [2.24, 2.45) is 0 Å². The minimum atomic E-state index is -0.157. The minimum Gasteiger partial charge on any atom is -0.370 e. The molecule has 2 aromatic rings. The minimum absolute atomic E-state index is 0.157. The normalized spacial score (nSPS) is 21.3. The summed E-state index contributed by atoms with van der Waals surface area (Å²) in [5, 5.41) is 0. The van der Waals surface area contributed by atoms with E-state index in [-0.39, 0.29) is 5.60 Å². The van der Waals surface area contributed by atoms with E-state index in [1.165, 1.54) is 16.7 Å². The Morgan fingerprint density at radius 2 is 1.61 bits per heavy atom. The Bertz CT molecular complexity index is 543. The molecule has 0 unspecified atom stereocenters. The van der Waals surface area contributed by atoms with Crippen molar-refractivity contribution in [3.8, 4) is 0 Å². The van der Waals surface area contributed by atoms with Gasteiger partial charge >= 0.3 is 0 Å². The summed E-state index contributed by atoms with van der Waals surface area (Å²) in [4.78, 5) is 0. The molecule has 1 heterocycles. The third-order valence-electron chi connectivity index (χ3n) is 3.79. The van der Waals surface area contributed by atoms with E-state index in [4.69, 9.17) is 4.74 Å². The van der Waals surface area contributed by atoms with Gasteiger partial charge in [0.15, 0.2) is 0 Å². The monoisotopic (exact) mass is 238 g/mol. The number of fused-ring (bicyclic) bond motifs is 1. The number of ether oxygens (including phenoxy) is 1. The zero-order valence-electron chi connectivity index (χ0n) is 10.9. The highest BCUT2D eigenvalue weighted by molar-refractivity contribution is 5.41. The van der Waals surface area contributed by atoms with Crippen LogP contribution in [0.1, 0.15) is 36.5 Å². The van der Waals surface area contributed by atoms with Crippen molar-refractivity contribution in [3.05, 3.63) is 71.3 Å². The first kappa shape index (κ1) is 11.5. The standard InChI is InChI=1S/C17H18O/c1-17(2)16(13-8-4-3-5-9-13)15-11-7-6-10-14(15)12-18-17/h3-11,16H,12H2,1-2H3/t16-/m1/s1. The van der Waals surface area contributed by atoms with Crippen LogP contribution in [0.2, 0.25) is 0 Å². The zero-order valence-corrected chi connectivity index (χ0v) is 10.9. The van der Waals surface area contributed by atoms with E-state index in [1.54, 1.807) is 0 Å². The number of rotatable bonds is 1. The maximum absolute atomic E-state index is 6.06. The van der Waals surface area contributed by atoms with E-state index in [0.717, 1.165) is 0 Å². The lowest BCUT2D eigenvalue weighted by Gasteiger charge is -2.40. The van der Waals surface area contributed by atoms with Crippen LogP contribution < -0.4 is 0 Å². The van der Waals surface area contributed by atoms with E-state index in [1.807, 2.05) is 0 Å².